The van der Waals surface area contributed by atoms with Crippen LogP contribution in [0.15, 0.2) is 34.3 Å². The van der Waals surface area contributed by atoms with E-state index in [1.807, 2.05) is 12.1 Å². The van der Waals surface area contributed by atoms with Gasteiger partial charge in [-0.25, -0.2) is 0 Å². The fraction of sp³-hybridized carbons (Fsp3) is 0.286. The van der Waals surface area contributed by atoms with Crippen molar-refractivity contribution < 1.29 is 4.74 Å². The molecule has 122 valence electrons. The average molecular weight is 382 g/mol. The predicted octanol–water partition coefficient (Wildman–Crippen LogP) is 6.17. The van der Waals surface area contributed by atoms with Crippen molar-refractivity contribution in [3.8, 4) is 11.8 Å². The molecule has 2 aromatic rings. The molecule has 1 aliphatic rings. The Morgan fingerprint density at radius 1 is 1.04 bits per heavy atom. The SMILES string of the molecule is CC1=C(C)C(Oc2ccc(Br)c(C#N)c2)c2cc(C)c(C)c(C)c21. The summed E-state index contributed by atoms with van der Waals surface area (Å²) >= 11 is 3.39. The van der Waals surface area contributed by atoms with E-state index < -0.39 is 0 Å². The lowest BCUT2D eigenvalue weighted by atomic mass is 9.92. The maximum Gasteiger partial charge on any atom is 0.146 e. The number of benzene rings is 2. The van der Waals surface area contributed by atoms with Crippen molar-refractivity contribution >= 4 is 21.5 Å². The number of rotatable bonds is 2. The lowest BCUT2D eigenvalue weighted by Gasteiger charge is -2.19. The quantitative estimate of drug-likeness (QED) is 0.622. The molecule has 1 unspecified atom stereocenters. The van der Waals surface area contributed by atoms with Crippen molar-refractivity contribution in [2.75, 3.05) is 0 Å². The fourth-order valence-electron chi connectivity index (χ4n) is 3.40. The van der Waals surface area contributed by atoms with Crippen LogP contribution in [-0.4, -0.2) is 0 Å². The summed E-state index contributed by atoms with van der Waals surface area (Å²) in [6.07, 6.45) is -0.0919. The van der Waals surface area contributed by atoms with Crippen LogP contribution in [0.5, 0.6) is 5.75 Å². The van der Waals surface area contributed by atoms with Gasteiger partial charge in [-0.05, 0) is 102 Å². The first kappa shape index (κ1) is 16.8. The van der Waals surface area contributed by atoms with Crippen molar-refractivity contribution in [3.05, 3.63) is 67.7 Å². The molecule has 0 amide bonds. The van der Waals surface area contributed by atoms with E-state index in [-0.39, 0.29) is 6.10 Å². The first-order valence-electron chi connectivity index (χ1n) is 8.00. The van der Waals surface area contributed by atoms with Gasteiger partial charge in [0, 0.05) is 10.0 Å². The van der Waals surface area contributed by atoms with Crippen LogP contribution in [0.4, 0.5) is 0 Å². The van der Waals surface area contributed by atoms with E-state index in [4.69, 9.17) is 4.74 Å². The normalized spacial score (nSPS) is 16.1. The van der Waals surface area contributed by atoms with Crippen molar-refractivity contribution in [2.45, 2.75) is 40.7 Å². The standard InChI is InChI=1S/C21H20BrNO/c1-11-8-18-20(13(3)12(11)2)14(4)15(5)21(18)24-17-6-7-19(22)16(9-17)10-23/h6-9,21H,1-5H3. The monoisotopic (exact) mass is 381 g/mol. The molecule has 0 saturated carbocycles. The maximum atomic E-state index is 9.21. The number of ether oxygens (including phenoxy) is 1. The van der Waals surface area contributed by atoms with Crippen molar-refractivity contribution in [3.63, 3.8) is 0 Å². The Bertz CT molecular complexity index is 918. The summed E-state index contributed by atoms with van der Waals surface area (Å²) in [4.78, 5) is 0. The molecule has 0 aromatic heterocycles. The number of fused-ring (bicyclic) bond motifs is 1. The topological polar surface area (TPSA) is 33.0 Å². The van der Waals surface area contributed by atoms with Crippen LogP contribution < -0.4 is 4.74 Å². The molecule has 0 bridgehead atoms. The Balaban J connectivity index is 2.08. The number of nitriles is 1. The Morgan fingerprint density at radius 3 is 2.42 bits per heavy atom. The van der Waals surface area contributed by atoms with Gasteiger partial charge in [-0.1, -0.05) is 6.07 Å². The van der Waals surface area contributed by atoms with Crippen LogP contribution in [0.1, 0.15) is 53.3 Å². The van der Waals surface area contributed by atoms with E-state index in [0.717, 1.165) is 10.2 Å². The molecule has 0 heterocycles. The molecule has 2 aromatic carbocycles. The summed E-state index contributed by atoms with van der Waals surface area (Å²) < 4.78 is 7.09. The second-order valence-corrected chi connectivity index (χ2v) is 7.32. The zero-order valence-electron chi connectivity index (χ0n) is 14.6. The second-order valence-electron chi connectivity index (χ2n) is 6.47. The number of nitrogens with zero attached hydrogens (tertiary/aromatic N) is 1. The summed E-state index contributed by atoms with van der Waals surface area (Å²) in [5.74, 6) is 0.718. The lowest BCUT2D eigenvalue weighted by molar-refractivity contribution is 0.246. The molecular weight excluding hydrogens is 362 g/mol. The van der Waals surface area contributed by atoms with Crippen molar-refractivity contribution in [2.24, 2.45) is 0 Å². The van der Waals surface area contributed by atoms with Gasteiger partial charge in [-0.3, -0.25) is 0 Å². The maximum absolute atomic E-state index is 9.21. The minimum absolute atomic E-state index is 0.0919. The third-order valence-electron chi connectivity index (χ3n) is 5.14. The van der Waals surface area contributed by atoms with Gasteiger partial charge in [-0.15, -0.1) is 0 Å². The van der Waals surface area contributed by atoms with Gasteiger partial charge in [0.2, 0.25) is 0 Å². The third kappa shape index (κ3) is 2.56. The Kier molecular flexibility index (Phi) is 4.27. The van der Waals surface area contributed by atoms with Crippen LogP contribution in [0, 0.1) is 32.1 Å². The summed E-state index contributed by atoms with van der Waals surface area (Å²) in [6, 6.07) is 9.98. The average Bonchev–Trinajstić information content (AvgIpc) is 2.79. The molecule has 0 N–H and O–H groups in total. The second kappa shape index (κ2) is 6.11. The van der Waals surface area contributed by atoms with Gasteiger partial charge < -0.3 is 4.74 Å². The molecule has 0 radical (unpaired) electrons. The van der Waals surface area contributed by atoms with Crippen molar-refractivity contribution in [1.29, 1.82) is 5.26 Å². The minimum Gasteiger partial charge on any atom is -0.481 e. The van der Waals surface area contributed by atoms with Gasteiger partial charge in [0.05, 0.1) is 5.56 Å². The molecule has 2 nitrogen and oxygen atoms in total. The first-order chi connectivity index (χ1) is 11.3. The number of hydrogen-bond acceptors (Lipinski definition) is 2. The van der Waals surface area contributed by atoms with Crippen LogP contribution in [-0.2, 0) is 0 Å². The minimum atomic E-state index is -0.0919. The summed E-state index contributed by atoms with van der Waals surface area (Å²) in [5, 5.41) is 9.21. The lowest BCUT2D eigenvalue weighted by Crippen LogP contribution is -2.08. The Morgan fingerprint density at radius 2 is 1.75 bits per heavy atom. The molecule has 0 spiro atoms. The van der Waals surface area contributed by atoms with E-state index in [1.54, 1.807) is 6.07 Å². The predicted molar refractivity (Wildman–Crippen MR) is 101 cm³/mol. The smallest absolute Gasteiger partial charge is 0.146 e. The van der Waals surface area contributed by atoms with Crippen molar-refractivity contribution in [1.82, 2.24) is 0 Å². The van der Waals surface area contributed by atoms with Crippen LogP contribution in [0.3, 0.4) is 0 Å². The zero-order chi connectivity index (χ0) is 17.6. The largest absolute Gasteiger partial charge is 0.481 e. The number of aryl methyl sites for hydroxylation is 1. The van der Waals surface area contributed by atoms with Gasteiger partial charge in [0.1, 0.15) is 17.9 Å². The first-order valence-corrected chi connectivity index (χ1v) is 8.79. The van der Waals surface area contributed by atoms with Crippen LogP contribution in [0.25, 0.3) is 5.57 Å². The number of hydrogen-bond donors (Lipinski definition) is 0. The highest BCUT2D eigenvalue weighted by atomic mass is 79.9. The molecule has 3 heteroatoms. The Labute approximate surface area is 151 Å². The molecule has 0 saturated heterocycles. The molecule has 1 aliphatic carbocycles. The van der Waals surface area contributed by atoms with E-state index in [0.29, 0.717) is 5.56 Å². The van der Waals surface area contributed by atoms with E-state index >= 15 is 0 Å². The fourth-order valence-corrected chi connectivity index (χ4v) is 3.73. The molecule has 3 rings (SSSR count). The summed E-state index contributed by atoms with van der Waals surface area (Å²) in [7, 11) is 0. The number of allylic oxidation sites excluding steroid dienone is 1. The zero-order valence-corrected chi connectivity index (χ0v) is 16.2. The highest BCUT2D eigenvalue weighted by Crippen LogP contribution is 2.45. The summed E-state index contributed by atoms with van der Waals surface area (Å²) in [6.45, 7) is 10.8. The van der Waals surface area contributed by atoms with Gasteiger partial charge in [0.25, 0.3) is 0 Å². The Hall–Kier alpha value is -2.05. The van der Waals surface area contributed by atoms with Gasteiger partial charge in [0.15, 0.2) is 0 Å². The highest BCUT2D eigenvalue weighted by Gasteiger charge is 2.30. The molecule has 1 atom stereocenters. The third-order valence-corrected chi connectivity index (χ3v) is 5.84. The molecular formula is C21H20BrNO. The molecule has 24 heavy (non-hydrogen) atoms. The molecule has 0 fully saturated rings. The van der Waals surface area contributed by atoms with Gasteiger partial charge >= 0.3 is 0 Å². The summed E-state index contributed by atoms with van der Waals surface area (Å²) in [5.41, 5.74) is 9.63. The molecule has 0 aliphatic heterocycles. The van der Waals surface area contributed by atoms with Gasteiger partial charge in [-0.2, -0.15) is 5.26 Å². The van der Waals surface area contributed by atoms with E-state index in [1.165, 1.54) is 39.0 Å². The van der Waals surface area contributed by atoms with Crippen LogP contribution in [0.2, 0.25) is 0 Å². The van der Waals surface area contributed by atoms with E-state index in [9.17, 15) is 5.26 Å². The van der Waals surface area contributed by atoms with Crippen LogP contribution >= 0.6 is 15.9 Å². The number of halogens is 1. The highest BCUT2D eigenvalue weighted by molar-refractivity contribution is 9.10. The van der Waals surface area contributed by atoms with E-state index in [2.05, 4.69) is 62.7 Å².